The number of rotatable bonds is 9. The molecule has 0 aliphatic heterocycles. The van der Waals surface area contributed by atoms with Gasteiger partial charge in [0.25, 0.3) is 0 Å². The number of nitrogens with one attached hydrogen (secondary N) is 1. The van der Waals surface area contributed by atoms with Crippen LogP contribution in [0.3, 0.4) is 0 Å². The lowest BCUT2D eigenvalue weighted by Crippen LogP contribution is -2.36. The molecule has 0 aliphatic rings. The summed E-state index contributed by atoms with van der Waals surface area (Å²) in [4.78, 5) is 25.5. The van der Waals surface area contributed by atoms with Crippen molar-refractivity contribution >= 4 is 38.6 Å². The predicted molar refractivity (Wildman–Crippen MR) is 142 cm³/mol. The SMILES string of the molecule is CCCCc1cc(=O)oc2cc(OC(=O)[C@H](NS(=O)(=O)c3ccc(C)cc3)c3ccccc3)c(Cl)cc12. The number of unbranched alkanes of at least 4 members (excludes halogenated alkanes) is 1. The summed E-state index contributed by atoms with van der Waals surface area (Å²) in [5.74, 6) is -0.946. The summed E-state index contributed by atoms with van der Waals surface area (Å²) >= 11 is 6.45. The Morgan fingerprint density at radius 2 is 1.76 bits per heavy atom. The van der Waals surface area contributed by atoms with E-state index in [2.05, 4.69) is 4.72 Å². The van der Waals surface area contributed by atoms with Crippen molar-refractivity contribution in [2.45, 2.75) is 44.0 Å². The number of benzene rings is 3. The molecule has 1 N–H and O–H groups in total. The highest BCUT2D eigenvalue weighted by atomic mass is 35.5. The van der Waals surface area contributed by atoms with Crippen LogP contribution in [0.4, 0.5) is 0 Å². The van der Waals surface area contributed by atoms with E-state index in [1.165, 1.54) is 24.3 Å². The van der Waals surface area contributed by atoms with Gasteiger partial charge < -0.3 is 9.15 Å². The van der Waals surface area contributed by atoms with Gasteiger partial charge in [0, 0.05) is 17.5 Å². The first kappa shape index (κ1) is 26.6. The molecule has 0 radical (unpaired) electrons. The van der Waals surface area contributed by atoms with E-state index in [9.17, 15) is 18.0 Å². The number of hydrogen-bond donors (Lipinski definition) is 1. The molecule has 1 atom stereocenters. The van der Waals surface area contributed by atoms with Crippen LogP contribution in [0.5, 0.6) is 5.75 Å². The van der Waals surface area contributed by atoms with Gasteiger partial charge in [-0.25, -0.2) is 18.0 Å². The highest BCUT2D eigenvalue weighted by Gasteiger charge is 2.29. The summed E-state index contributed by atoms with van der Waals surface area (Å²) in [5.41, 5.74) is 1.77. The number of carbonyl (C=O) groups excluding carboxylic acids is 1. The maximum absolute atomic E-state index is 13.3. The molecular weight excluding hydrogens is 514 g/mol. The molecule has 4 aromatic rings. The van der Waals surface area contributed by atoms with Crippen LogP contribution in [0.2, 0.25) is 5.02 Å². The van der Waals surface area contributed by atoms with Gasteiger partial charge in [0.1, 0.15) is 11.6 Å². The van der Waals surface area contributed by atoms with Crippen molar-refractivity contribution in [1.29, 1.82) is 0 Å². The second-order valence-electron chi connectivity index (χ2n) is 8.67. The van der Waals surface area contributed by atoms with Crippen molar-refractivity contribution in [2.24, 2.45) is 0 Å². The van der Waals surface area contributed by atoms with Crippen LogP contribution < -0.4 is 15.1 Å². The summed E-state index contributed by atoms with van der Waals surface area (Å²) < 4.78 is 39.5. The maximum atomic E-state index is 13.3. The number of fused-ring (bicyclic) bond motifs is 1. The molecule has 4 rings (SSSR count). The lowest BCUT2D eigenvalue weighted by Gasteiger charge is -2.19. The van der Waals surface area contributed by atoms with E-state index in [1.54, 1.807) is 48.5 Å². The lowest BCUT2D eigenvalue weighted by atomic mass is 10.0. The molecule has 0 unspecified atom stereocenters. The average Bonchev–Trinajstić information content (AvgIpc) is 2.87. The van der Waals surface area contributed by atoms with Crippen molar-refractivity contribution in [2.75, 3.05) is 0 Å². The molecule has 3 aromatic carbocycles. The predicted octanol–water partition coefficient (Wildman–Crippen LogP) is 5.72. The zero-order valence-electron chi connectivity index (χ0n) is 20.4. The number of halogens is 1. The number of sulfonamides is 1. The lowest BCUT2D eigenvalue weighted by molar-refractivity contribution is -0.136. The average molecular weight is 540 g/mol. The van der Waals surface area contributed by atoms with Crippen LogP contribution in [0.25, 0.3) is 11.0 Å². The zero-order chi connectivity index (χ0) is 26.6. The molecule has 192 valence electrons. The summed E-state index contributed by atoms with van der Waals surface area (Å²) in [7, 11) is -4.07. The molecule has 0 saturated carbocycles. The second kappa shape index (κ2) is 11.3. The molecule has 0 aliphatic carbocycles. The minimum absolute atomic E-state index is 0.0111. The van der Waals surface area contributed by atoms with Crippen molar-refractivity contribution in [3.05, 3.63) is 105 Å². The van der Waals surface area contributed by atoms with Gasteiger partial charge in [0.2, 0.25) is 10.0 Å². The van der Waals surface area contributed by atoms with Gasteiger partial charge >= 0.3 is 11.6 Å². The smallest absolute Gasteiger partial charge is 0.336 e. The Balaban J connectivity index is 1.69. The summed E-state index contributed by atoms with van der Waals surface area (Å²) in [6.45, 7) is 3.89. The van der Waals surface area contributed by atoms with E-state index < -0.39 is 27.7 Å². The Morgan fingerprint density at radius 3 is 2.43 bits per heavy atom. The second-order valence-corrected chi connectivity index (χ2v) is 10.8. The number of ether oxygens (including phenoxy) is 1. The highest BCUT2D eigenvalue weighted by Crippen LogP contribution is 2.33. The van der Waals surface area contributed by atoms with E-state index in [1.807, 2.05) is 13.8 Å². The normalized spacial score (nSPS) is 12.4. The fourth-order valence-electron chi connectivity index (χ4n) is 3.89. The monoisotopic (exact) mass is 539 g/mol. The number of hydrogen-bond acceptors (Lipinski definition) is 6. The molecule has 1 aromatic heterocycles. The molecular formula is C28H26ClNO6S. The van der Waals surface area contributed by atoms with Crippen LogP contribution >= 0.6 is 11.6 Å². The van der Waals surface area contributed by atoms with Gasteiger partial charge in [-0.1, -0.05) is 73.0 Å². The molecule has 1 heterocycles. The molecule has 7 nitrogen and oxygen atoms in total. The van der Waals surface area contributed by atoms with E-state index >= 15 is 0 Å². The van der Waals surface area contributed by atoms with Crippen LogP contribution in [0, 0.1) is 6.92 Å². The Hall–Kier alpha value is -3.46. The van der Waals surface area contributed by atoms with Gasteiger partial charge in [-0.2, -0.15) is 4.72 Å². The summed E-state index contributed by atoms with van der Waals surface area (Å²) in [6.07, 6.45) is 2.50. The quantitative estimate of drug-likeness (QED) is 0.166. The van der Waals surface area contributed by atoms with Gasteiger partial charge in [-0.3, -0.25) is 0 Å². The third-order valence-corrected chi connectivity index (χ3v) is 7.60. The number of aryl methyl sites for hydroxylation is 2. The van der Waals surface area contributed by atoms with Crippen molar-refractivity contribution in [1.82, 2.24) is 4.72 Å². The first-order valence-electron chi connectivity index (χ1n) is 11.8. The Kier molecular flexibility index (Phi) is 8.12. The first-order chi connectivity index (χ1) is 17.7. The summed E-state index contributed by atoms with van der Waals surface area (Å²) in [5, 5.41) is 0.776. The largest absolute Gasteiger partial charge is 0.423 e. The Morgan fingerprint density at radius 1 is 1.05 bits per heavy atom. The fraction of sp³-hybridized carbons (Fsp3) is 0.214. The molecule has 0 amide bonds. The topological polar surface area (TPSA) is 103 Å². The van der Waals surface area contributed by atoms with Gasteiger partial charge in [0.15, 0.2) is 5.75 Å². The molecule has 0 bridgehead atoms. The van der Waals surface area contributed by atoms with Crippen LogP contribution in [-0.4, -0.2) is 14.4 Å². The minimum atomic E-state index is -4.07. The van der Waals surface area contributed by atoms with E-state index in [4.69, 9.17) is 20.8 Å². The van der Waals surface area contributed by atoms with Gasteiger partial charge in [-0.05, 0) is 49.1 Å². The standard InChI is InChI=1S/C28H26ClNO6S/c1-3-4-8-20-15-26(31)35-24-17-25(23(29)16-22(20)24)36-28(32)27(19-9-6-5-7-10-19)30-37(33,34)21-13-11-18(2)12-14-21/h5-7,9-17,27,30H,3-4,8H2,1-2H3/t27-/m1/s1. The maximum Gasteiger partial charge on any atom is 0.336 e. The van der Waals surface area contributed by atoms with Crippen LogP contribution in [0.1, 0.15) is 42.5 Å². The molecule has 9 heteroatoms. The molecule has 37 heavy (non-hydrogen) atoms. The molecule has 0 saturated heterocycles. The summed E-state index contributed by atoms with van der Waals surface area (Å²) in [6, 6.07) is 17.7. The van der Waals surface area contributed by atoms with E-state index in [0.717, 1.165) is 24.0 Å². The van der Waals surface area contributed by atoms with Crippen LogP contribution in [-0.2, 0) is 21.2 Å². The van der Waals surface area contributed by atoms with Crippen LogP contribution in [0.15, 0.2) is 86.9 Å². The van der Waals surface area contributed by atoms with Crippen molar-refractivity contribution in [3.8, 4) is 5.75 Å². The third-order valence-electron chi connectivity index (χ3n) is 5.87. The third kappa shape index (κ3) is 6.28. The van der Waals surface area contributed by atoms with Gasteiger partial charge in [-0.15, -0.1) is 0 Å². The van der Waals surface area contributed by atoms with Gasteiger partial charge in [0.05, 0.1) is 9.92 Å². The van der Waals surface area contributed by atoms with E-state index in [-0.39, 0.29) is 21.3 Å². The Labute approximate surface area is 220 Å². The minimum Gasteiger partial charge on any atom is -0.423 e. The van der Waals surface area contributed by atoms with E-state index in [0.29, 0.717) is 17.4 Å². The number of esters is 1. The Bertz CT molecular complexity index is 1580. The highest BCUT2D eigenvalue weighted by molar-refractivity contribution is 7.89. The van der Waals surface area contributed by atoms with Crippen molar-refractivity contribution < 1.29 is 22.4 Å². The number of carbonyl (C=O) groups is 1. The fourth-order valence-corrected chi connectivity index (χ4v) is 5.26. The molecule has 0 fully saturated rings. The molecule has 0 spiro atoms. The first-order valence-corrected chi connectivity index (χ1v) is 13.7. The zero-order valence-corrected chi connectivity index (χ0v) is 21.9. The van der Waals surface area contributed by atoms with Crippen molar-refractivity contribution in [3.63, 3.8) is 0 Å².